The fourth-order valence-electron chi connectivity index (χ4n) is 2.35. The molecule has 118 valence electrons. The maximum Gasteiger partial charge on any atom is 0.238 e. The van der Waals surface area contributed by atoms with Gasteiger partial charge in [-0.2, -0.15) is 5.10 Å². The van der Waals surface area contributed by atoms with Crippen molar-refractivity contribution in [3.63, 3.8) is 0 Å². The van der Waals surface area contributed by atoms with Crippen LogP contribution in [0.5, 0.6) is 0 Å². The molecule has 0 spiro atoms. The number of carbonyl (C=O) groups excluding carboxylic acids is 1. The number of carbonyl (C=O) groups is 1. The van der Waals surface area contributed by atoms with E-state index in [1.54, 1.807) is 0 Å². The molecule has 0 aliphatic heterocycles. The molecule has 2 aromatic rings. The van der Waals surface area contributed by atoms with E-state index in [-0.39, 0.29) is 5.91 Å². The molecule has 0 aliphatic rings. The highest BCUT2D eigenvalue weighted by Crippen LogP contribution is 2.16. The number of hydrogen-bond acceptors (Lipinski definition) is 3. The number of likely N-dealkylation sites (N-methyl/N-ethyl adjacent to an activating group) is 1. The van der Waals surface area contributed by atoms with Crippen LogP contribution in [-0.2, 0) is 18.4 Å². The van der Waals surface area contributed by atoms with E-state index < -0.39 is 0 Å². The number of nitrogens with one attached hydrogen (secondary N) is 1. The Hall–Kier alpha value is -2.14. The summed E-state index contributed by atoms with van der Waals surface area (Å²) in [6, 6.07) is 6.06. The maximum absolute atomic E-state index is 12.2. The highest BCUT2D eigenvalue weighted by Gasteiger charge is 2.11. The monoisotopic (exact) mass is 300 g/mol. The van der Waals surface area contributed by atoms with E-state index in [4.69, 9.17) is 0 Å². The first-order chi connectivity index (χ1) is 10.4. The molecule has 5 nitrogen and oxygen atoms in total. The Bertz CT molecular complexity index is 675. The average molecular weight is 300 g/mol. The predicted molar refractivity (Wildman–Crippen MR) is 88.8 cm³/mol. The van der Waals surface area contributed by atoms with Crippen molar-refractivity contribution >= 4 is 11.6 Å². The van der Waals surface area contributed by atoms with Gasteiger partial charge in [0, 0.05) is 30.5 Å². The molecule has 0 saturated carbocycles. The summed E-state index contributed by atoms with van der Waals surface area (Å²) >= 11 is 0. The molecular weight excluding hydrogens is 276 g/mol. The second-order valence-corrected chi connectivity index (χ2v) is 5.92. The van der Waals surface area contributed by atoms with Crippen molar-refractivity contribution in [2.24, 2.45) is 7.05 Å². The second kappa shape index (κ2) is 6.75. The van der Waals surface area contributed by atoms with Crippen molar-refractivity contribution in [3.8, 4) is 0 Å². The second-order valence-electron chi connectivity index (χ2n) is 5.92. The maximum atomic E-state index is 12.2. The van der Waals surface area contributed by atoms with Gasteiger partial charge in [-0.1, -0.05) is 12.1 Å². The third kappa shape index (κ3) is 3.95. The number of aryl methyl sites for hydroxylation is 3. The van der Waals surface area contributed by atoms with Crippen LogP contribution < -0.4 is 5.32 Å². The molecule has 0 saturated heterocycles. The van der Waals surface area contributed by atoms with Crippen molar-refractivity contribution < 1.29 is 4.79 Å². The van der Waals surface area contributed by atoms with E-state index in [1.165, 1.54) is 0 Å². The van der Waals surface area contributed by atoms with Crippen molar-refractivity contribution in [3.05, 3.63) is 46.8 Å². The molecule has 0 radical (unpaired) electrons. The first kappa shape index (κ1) is 16.2. The lowest BCUT2D eigenvalue weighted by Crippen LogP contribution is -2.30. The first-order valence-electron chi connectivity index (χ1n) is 7.40. The molecule has 22 heavy (non-hydrogen) atoms. The van der Waals surface area contributed by atoms with E-state index >= 15 is 0 Å². The van der Waals surface area contributed by atoms with Gasteiger partial charge in [0.25, 0.3) is 0 Å². The Kier molecular flexibility index (Phi) is 4.98. The Morgan fingerprint density at radius 1 is 1.32 bits per heavy atom. The lowest BCUT2D eigenvalue weighted by atomic mass is 10.1. The zero-order chi connectivity index (χ0) is 16.3. The number of amides is 1. The number of aromatic nitrogens is 2. The molecule has 1 N–H and O–H groups in total. The van der Waals surface area contributed by atoms with E-state index in [9.17, 15) is 4.79 Å². The first-order valence-corrected chi connectivity index (χ1v) is 7.40. The number of benzene rings is 1. The average Bonchev–Trinajstić information content (AvgIpc) is 2.74. The smallest absolute Gasteiger partial charge is 0.238 e. The summed E-state index contributed by atoms with van der Waals surface area (Å²) in [5, 5.41) is 7.21. The Labute approximate surface area is 131 Å². The molecule has 1 amide bonds. The molecule has 1 heterocycles. The van der Waals surface area contributed by atoms with Gasteiger partial charge >= 0.3 is 0 Å². The highest BCUT2D eigenvalue weighted by molar-refractivity contribution is 5.93. The quantitative estimate of drug-likeness (QED) is 0.922. The van der Waals surface area contributed by atoms with Crippen LogP contribution in [0.3, 0.4) is 0 Å². The number of rotatable bonds is 5. The van der Waals surface area contributed by atoms with Gasteiger partial charge in [0.05, 0.1) is 12.7 Å². The topological polar surface area (TPSA) is 50.2 Å². The Morgan fingerprint density at radius 2 is 2.05 bits per heavy atom. The fourth-order valence-corrected chi connectivity index (χ4v) is 2.35. The minimum atomic E-state index is -0.00209. The lowest BCUT2D eigenvalue weighted by molar-refractivity contribution is -0.117. The highest BCUT2D eigenvalue weighted by atomic mass is 16.2. The van der Waals surface area contributed by atoms with Crippen LogP contribution in [-0.4, -0.2) is 34.2 Å². The van der Waals surface area contributed by atoms with E-state index in [0.29, 0.717) is 13.1 Å². The Balaban J connectivity index is 1.94. The van der Waals surface area contributed by atoms with Crippen LogP contribution >= 0.6 is 0 Å². The minimum Gasteiger partial charge on any atom is -0.325 e. The van der Waals surface area contributed by atoms with Crippen LogP contribution in [0.1, 0.15) is 22.4 Å². The Morgan fingerprint density at radius 3 is 2.68 bits per heavy atom. The molecular formula is C17H24N4O. The fraction of sp³-hybridized carbons (Fsp3) is 0.412. The summed E-state index contributed by atoms with van der Waals surface area (Å²) in [7, 11) is 3.86. The van der Waals surface area contributed by atoms with Gasteiger partial charge in [-0.25, -0.2) is 0 Å². The molecule has 5 heteroatoms. The standard InChI is InChI=1S/C17H24N4O/c1-12-6-7-13(2)16(8-12)19-17(22)11-20(4)10-15-9-18-21(5)14(15)3/h6-9H,10-11H2,1-5H3,(H,19,22). The van der Waals surface area contributed by atoms with Gasteiger partial charge in [-0.05, 0) is 45.0 Å². The lowest BCUT2D eigenvalue weighted by Gasteiger charge is -2.17. The molecule has 1 aromatic heterocycles. The van der Waals surface area contributed by atoms with Crippen LogP contribution in [0.25, 0.3) is 0 Å². The molecule has 0 atom stereocenters. The van der Waals surface area contributed by atoms with Crippen LogP contribution in [0.2, 0.25) is 0 Å². The minimum absolute atomic E-state index is 0.00209. The molecule has 0 aliphatic carbocycles. The summed E-state index contributed by atoms with van der Waals surface area (Å²) in [6.45, 7) is 7.11. The van der Waals surface area contributed by atoms with E-state index in [0.717, 1.165) is 28.1 Å². The van der Waals surface area contributed by atoms with Gasteiger partial charge in [0.2, 0.25) is 5.91 Å². The third-order valence-corrected chi connectivity index (χ3v) is 3.86. The molecule has 1 aromatic carbocycles. The van der Waals surface area contributed by atoms with Gasteiger partial charge < -0.3 is 5.32 Å². The summed E-state index contributed by atoms with van der Waals surface area (Å²) in [5.74, 6) is -0.00209. The predicted octanol–water partition coefficient (Wildman–Crippen LogP) is 2.42. The van der Waals surface area contributed by atoms with Crippen LogP contribution in [0.4, 0.5) is 5.69 Å². The molecule has 2 rings (SSSR count). The van der Waals surface area contributed by atoms with Crippen molar-refractivity contribution in [2.45, 2.75) is 27.3 Å². The SMILES string of the molecule is Cc1ccc(C)c(NC(=O)CN(C)Cc2cnn(C)c2C)c1. The largest absolute Gasteiger partial charge is 0.325 e. The van der Waals surface area contributed by atoms with Gasteiger partial charge in [0.15, 0.2) is 0 Å². The van der Waals surface area contributed by atoms with Crippen molar-refractivity contribution in [1.82, 2.24) is 14.7 Å². The zero-order valence-corrected chi connectivity index (χ0v) is 14.0. The summed E-state index contributed by atoms with van der Waals surface area (Å²) < 4.78 is 1.85. The number of nitrogens with zero attached hydrogens (tertiary/aromatic N) is 3. The van der Waals surface area contributed by atoms with Gasteiger partial charge in [0.1, 0.15) is 0 Å². The van der Waals surface area contributed by atoms with Crippen LogP contribution in [0.15, 0.2) is 24.4 Å². The molecule has 0 fully saturated rings. The normalized spacial score (nSPS) is 11.0. The van der Waals surface area contributed by atoms with E-state index in [2.05, 4.69) is 10.4 Å². The van der Waals surface area contributed by atoms with Gasteiger partial charge in [-0.15, -0.1) is 0 Å². The number of hydrogen-bond donors (Lipinski definition) is 1. The number of anilines is 1. The summed E-state index contributed by atoms with van der Waals surface area (Å²) in [4.78, 5) is 14.2. The van der Waals surface area contributed by atoms with Gasteiger partial charge in [-0.3, -0.25) is 14.4 Å². The van der Waals surface area contributed by atoms with Crippen molar-refractivity contribution in [1.29, 1.82) is 0 Å². The van der Waals surface area contributed by atoms with Crippen LogP contribution in [0, 0.1) is 20.8 Å². The molecule has 0 bridgehead atoms. The third-order valence-electron chi connectivity index (χ3n) is 3.86. The van der Waals surface area contributed by atoms with E-state index in [1.807, 2.05) is 68.8 Å². The summed E-state index contributed by atoms with van der Waals surface area (Å²) in [6.07, 6.45) is 1.86. The summed E-state index contributed by atoms with van der Waals surface area (Å²) in [5.41, 5.74) is 5.37. The molecule has 0 unspecified atom stereocenters. The van der Waals surface area contributed by atoms with Crippen molar-refractivity contribution in [2.75, 3.05) is 18.9 Å². The zero-order valence-electron chi connectivity index (χ0n) is 14.0.